The number of urea groups is 1. The highest BCUT2D eigenvalue weighted by Crippen LogP contribution is 2.16. The highest BCUT2D eigenvalue weighted by Gasteiger charge is 2.31. The number of alkyl halides is 2. The van der Waals surface area contributed by atoms with Crippen LogP contribution >= 0.6 is 0 Å². The summed E-state index contributed by atoms with van der Waals surface area (Å²) in [7, 11) is 0. The molecule has 0 aliphatic carbocycles. The lowest BCUT2D eigenvalue weighted by Crippen LogP contribution is -2.51. The van der Waals surface area contributed by atoms with Gasteiger partial charge in [-0.2, -0.15) is 0 Å². The molecule has 2 amide bonds. The van der Waals surface area contributed by atoms with Crippen LogP contribution in [-0.2, 0) is 11.2 Å². The number of benzene rings is 1. The van der Waals surface area contributed by atoms with Gasteiger partial charge in [0.05, 0.1) is 6.04 Å². The Morgan fingerprint density at radius 3 is 2.35 bits per heavy atom. The highest BCUT2D eigenvalue weighted by molar-refractivity contribution is 5.75. The van der Waals surface area contributed by atoms with E-state index < -0.39 is 30.0 Å². The van der Waals surface area contributed by atoms with Crippen LogP contribution in [0, 0.1) is 0 Å². The second-order valence-electron chi connectivity index (χ2n) is 5.61. The maximum absolute atomic E-state index is 13.1. The fourth-order valence-electron chi connectivity index (χ4n) is 1.97. The summed E-state index contributed by atoms with van der Waals surface area (Å²) in [5, 5.41) is 13.5. The number of hydrogen-bond donors (Lipinski definition) is 3. The van der Waals surface area contributed by atoms with Gasteiger partial charge in [0.15, 0.2) is 0 Å². The highest BCUT2D eigenvalue weighted by atomic mass is 19.3. The van der Waals surface area contributed by atoms with Gasteiger partial charge in [-0.25, -0.2) is 13.6 Å². The van der Waals surface area contributed by atoms with E-state index in [1.165, 1.54) is 6.92 Å². The van der Waals surface area contributed by atoms with Crippen molar-refractivity contribution < 1.29 is 23.5 Å². The Hall–Kier alpha value is -2.18. The number of nitrogens with one attached hydrogen (secondary N) is 2. The maximum atomic E-state index is 13.1. The molecule has 0 aromatic heterocycles. The molecule has 0 fully saturated rings. The summed E-state index contributed by atoms with van der Waals surface area (Å²) in [6, 6.07) is 6.73. The molecule has 0 aliphatic heterocycles. The smallest absolute Gasteiger partial charge is 0.315 e. The van der Waals surface area contributed by atoms with Crippen molar-refractivity contribution in [1.29, 1.82) is 0 Å². The standard InChI is InChI=1S/C16H22F2N2O3/c1-11(16(2,17)18)19-15(23)20-13(8-9-14(21)22)10-12-6-4-3-5-7-12/h3-7,11,13H,8-10H2,1-2H3,(H,21,22)(H2,19,20,23). The van der Waals surface area contributed by atoms with Gasteiger partial charge in [-0.15, -0.1) is 0 Å². The Balaban J connectivity index is 2.64. The third-order valence-corrected chi connectivity index (χ3v) is 3.47. The minimum Gasteiger partial charge on any atom is -0.481 e. The van der Waals surface area contributed by atoms with Crippen LogP contribution in [0.25, 0.3) is 0 Å². The molecule has 1 aromatic rings. The summed E-state index contributed by atoms with van der Waals surface area (Å²) in [6.45, 7) is 1.94. The molecule has 3 N–H and O–H groups in total. The summed E-state index contributed by atoms with van der Waals surface area (Å²) in [5.41, 5.74) is 0.928. The molecule has 0 aliphatic rings. The topological polar surface area (TPSA) is 78.4 Å². The molecule has 0 radical (unpaired) electrons. The van der Waals surface area contributed by atoms with E-state index in [0.717, 1.165) is 12.5 Å². The lowest BCUT2D eigenvalue weighted by molar-refractivity contribution is -0.137. The first-order chi connectivity index (χ1) is 10.7. The van der Waals surface area contributed by atoms with Gasteiger partial charge in [0.25, 0.3) is 5.92 Å². The van der Waals surface area contributed by atoms with Crippen LogP contribution in [0.2, 0.25) is 0 Å². The van der Waals surface area contributed by atoms with E-state index in [4.69, 9.17) is 5.11 Å². The van der Waals surface area contributed by atoms with Gasteiger partial charge in [-0.05, 0) is 25.3 Å². The maximum Gasteiger partial charge on any atom is 0.315 e. The summed E-state index contributed by atoms with van der Waals surface area (Å²) >= 11 is 0. The second kappa shape index (κ2) is 8.45. The zero-order valence-corrected chi connectivity index (χ0v) is 13.2. The summed E-state index contributed by atoms with van der Waals surface area (Å²) in [4.78, 5) is 22.6. The third-order valence-electron chi connectivity index (χ3n) is 3.47. The van der Waals surface area contributed by atoms with E-state index in [2.05, 4.69) is 10.6 Å². The Morgan fingerprint density at radius 2 is 1.83 bits per heavy atom. The lowest BCUT2D eigenvalue weighted by Gasteiger charge is -2.23. The largest absolute Gasteiger partial charge is 0.481 e. The third kappa shape index (κ3) is 7.58. The first kappa shape index (κ1) is 18.9. The molecular weight excluding hydrogens is 306 g/mol. The molecule has 0 bridgehead atoms. The van der Waals surface area contributed by atoms with E-state index in [1.54, 1.807) is 0 Å². The second-order valence-corrected chi connectivity index (χ2v) is 5.61. The van der Waals surface area contributed by atoms with Gasteiger partial charge >= 0.3 is 12.0 Å². The molecule has 5 nitrogen and oxygen atoms in total. The van der Waals surface area contributed by atoms with Gasteiger partial charge in [0, 0.05) is 19.4 Å². The number of hydrogen-bond acceptors (Lipinski definition) is 2. The zero-order valence-electron chi connectivity index (χ0n) is 13.2. The van der Waals surface area contributed by atoms with Crippen LogP contribution in [0.4, 0.5) is 13.6 Å². The monoisotopic (exact) mass is 328 g/mol. The van der Waals surface area contributed by atoms with Crippen LogP contribution in [0.15, 0.2) is 30.3 Å². The van der Waals surface area contributed by atoms with Gasteiger partial charge in [0.1, 0.15) is 0 Å². The quantitative estimate of drug-likeness (QED) is 0.686. The summed E-state index contributed by atoms with van der Waals surface area (Å²) in [5.74, 6) is -4.01. The minimum atomic E-state index is -3.03. The Kier molecular flexibility index (Phi) is 6.93. The molecule has 1 rings (SSSR count). The summed E-state index contributed by atoms with van der Waals surface area (Å²) in [6.07, 6.45) is 0.532. The minimum absolute atomic E-state index is 0.114. The normalized spacial score (nSPS) is 13.9. The Morgan fingerprint density at radius 1 is 1.22 bits per heavy atom. The molecule has 0 saturated carbocycles. The number of carbonyl (C=O) groups excluding carboxylic acids is 1. The predicted molar refractivity (Wildman–Crippen MR) is 82.6 cm³/mol. The molecule has 1 aromatic carbocycles. The zero-order chi connectivity index (χ0) is 17.5. The van der Waals surface area contributed by atoms with Crippen molar-refractivity contribution in [3.8, 4) is 0 Å². The number of carboxylic acids is 1. The lowest BCUT2D eigenvalue weighted by atomic mass is 10.0. The number of aliphatic carboxylic acids is 1. The van der Waals surface area contributed by atoms with E-state index in [-0.39, 0.29) is 12.8 Å². The van der Waals surface area contributed by atoms with Crippen LogP contribution in [0.1, 0.15) is 32.3 Å². The molecule has 0 saturated heterocycles. The fraction of sp³-hybridized carbons (Fsp3) is 0.500. The van der Waals surface area contributed by atoms with Crippen LogP contribution < -0.4 is 10.6 Å². The Labute approximate surface area is 134 Å². The average Bonchev–Trinajstić information content (AvgIpc) is 2.44. The van der Waals surface area contributed by atoms with E-state index >= 15 is 0 Å². The molecular formula is C16H22F2N2O3. The molecule has 2 unspecified atom stereocenters. The number of halogens is 2. The molecule has 0 heterocycles. The van der Waals surface area contributed by atoms with Crippen molar-refractivity contribution in [2.75, 3.05) is 0 Å². The SMILES string of the molecule is CC(NC(=O)NC(CCC(=O)O)Cc1ccccc1)C(C)(F)F. The van der Waals surface area contributed by atoms with Crippen LogP contribution in [-0.4, -0.2) is 35.1 Å². The van der Waals surface area contributed by atoms with E-state index in [9.17, 15) is 18.4 Å². The first-order valence-corrected chi connectivity index (χ1v) is 7.39. The van der Waals surface area contributed by atoms with E-state index in [0.29, 0.717) is 6.42 Å². The molecule has 0 spiro atoms. The Bertz CT molecular complexity index is 518. The molecule has 23 heavy (non-hydrogen) atoms. The van der Waals surface area contributed by atoms with Crippen LogP contribution in [0.5, 0.6) is 0 Å². The predicted octanol–water partition coefficient (Wildman–Crippen LogP) is 2.81. The number of carboxylic acid groups (broad SMARTS) is 1. The van der Waals surface area contributed by atoms with Crippen molar-refractivity contribution in [2.45, 2.75) is 51.1 Å². The van der Waals surface area contributed by atoms with Gasteiger partial charge < -0.3 is 15.7 Å². The number of amides is 2. The van der Waals surface area contributed by atoms with Crippen LogP contribution in [0.3, 0.4) is 0 Å². The van der Waals surface area contributed by atoms with Crippen molar-refractivity contribution in [2.24, 2.45) is 0 Å². The van der Waals surface area contributed by atoms with E-state index in [1.807, 2.05) is 30.3 Å². The fourth-order valence-corrected chi connectivity index (χ4v) is 1.97. The molecule has 128 valence electrons. The first-order valence-electron chi connectivity index (χ1n) is 7.39. The van der Waals surface area contributed by atoms with Crippen molar-refractivity contribution in [3.05, 3.63) is 35.9 Å². The van der Waals surface area contributed by atoms with Crippen molar-refractivity contribution in [3.63, 3.8) is 0 Å². The molecule has 2 atom stereocenters. The van der Waals surface area contributed by atoms with Gasteiger partial charge in [-0.3, -0.25) is 4.79 Å². The van der Waals surface area contributed by atoms with Crippen molar-refractivity contribution in [1.82, 2.24) is 10.6 Å². The number of carbonyl (C=O) groups is 2. The van der Waals surface area contributed by atoms with Crippen molar-refractivity contribution >= 4 is 12.0 Å². The number of rotatable bonds is 8. The summed E-state index contributed by atoms with van der Waals surface area (Å²) < 4.78 is 26.2. The average molecular weight is 328 g/mol. The molecule has 7 heteroatoms. The van der Waals surface area contributed by atoms with Gasteiger partial charge in [-0.1, -0.05) is 30.3 Å². The van der Waals surface area contributed by atoms with Gasteiger partial charge in [0.2, 0.25) is 0 Å².